The van der Waals surface area contributed by atoms with Crippen molar-refractivity contribution in [2.45, 2.75) is 29.9 Å². The highest BCUT2D eigenvalue weighted by molar-refractivity contribution is 9.10. The topological polar surface area (TPSA) is 83.8 Å². The number of hydrogen-bond donors (Lipinski definition) is 3. The largest absolute Gasteiger partial charge is 0.383 e. The lowest BCUT2D eigenvalue weighted by Gasteiger charge is -2.17. The van der Waals surface area contributed by atoms with E-state index in [1.54, 1.807) is 0 Å². The van der Waals surface area contributed by atoms with Gasteiger partial charge in [0.05, 0.1) is 0 Å². The number of rotatable bonds is 5. The summed E-state index contributed by atoms with van der Waals surface area (Å²) in [6.45, 7) is 5.06. The normalized spacial score (nSPS) is 12.3. The van der Waals surface area contributed by atoms with Crippen LogP contribution in [0.5, 0.6) is 0 Å². The maximum atomic E-state index is 11.5. The third kappa shape index (κ3) is 4.33. The maximum Gasteiger partial charge on any atom is 0.253 e. The van der Waals surface area contributed by atoms with Gasteiger partial charge in [-0.15, -0.1) is 0 Å². The highest BCUT2D eigenvalue weighted by Crippen LogP contribution is 2.33. The molecule has 0 aliphatic heterocycles. The molecule has 1 heterocycles. The zero-order chi connectivity index (χ0) is 15.4. The molecule has 21 heavy (non-hydrogen) atoms. The number of nitrogen functional groups attached to an aromatic ring is 1. The Labute approximate surface area is 135 Å². The summed E-state index contributed by atoms with van der Waals surface area (Å²) in [4.78, 5) is 19.3. The highest BCUT2D eigenvalue weighted by atomic mass is 79.9. The van der Waals surface area contributed by atoms with E-state index in [1.807, 2.05) is 12.1 Å². The first kappa shape index (κ1) is 16.1. The average Bonchev–Trinajstić information content (AvgIpc) is 2.37. The molecule has 0 aliphatic rings. The molecule has 7 heteroatoms. The standard InChI is InChI=1S/C14H17BrN4OS/c1-3-17-8(2)10-5-4-9(15)6-11(10)21-14-18-12(16)7-13(20)19-14/h4-8,17H,3H2,1-2H3,(H3,16,18,19,20). The van der Waals surface area contributed by atoms with Crippen molar-refractivity contribution < 1.29 is 0 Å². The molecule has 2 rings (SSSR count). The summed E-state index contributed by atoms with van der Waals surface area (Å²) in [6.07, 6.45) is 0. The highest BCUT2D eigenvalue weighted by Gasteiger charge is 2.12. The van der Waals surface area contributed by atoms with Gasteiger partial charge < -0.3 is 16.0 Å². The van der Waals surface area contributed by atoms with Gasteiger partial charge in [-0.3, -0.25) is 4.79 Å². The van der Waals surface area contributed by atoms with Crippen LogP contribution in [0.4, 0.5) is 5.82 Å². The van der Waals surface area contributed by atoms with Crippen LogP contribution in [-0.4, -0.2) is 16.5 Å². The minimum absolute atomic E-state index is 0.207. The van der Waals surface area contributed by atoms with Crippen LogP contribution >= 0.6 is 27.7 Å². The van der Waals surface area contributed by atoms with Gasteiger partial charge in [0, 0.05) is 21.5 Å². The molecule has 0 fully saturated rings. The summed E-state index contributed by atoms with van der Waals surface area (Å²) >= 11 is 4.87. The molecule has 1 unspecified atom stereocenters. The number of H-pyrrole nitrogens is 1. The van der Waals surface area contributed by atoms with Gasteiger partial charge in [0.15, 0.2) is 5.16 Å². The number of hydrogen-bond acceptors (Lipinski definition) is 5. The number of nitrogens with two attached hydrogens (primary N) is 1. The quantitative estimate of drug-likeness (QED) is 0.706. The van der Waals surface area contributed by atoms with Crippen molar-refractivity contribution in [3.63, 3.8) is 0 Å². The molecule has 0 spiro atoms. The number of nitrogens with one attached hydrogen (secondary N) is 2. The van der Waals surface area contributed by atoms with Crippen LogP contribution in [0.25, 0.3) is 0 Å². The van der Waals surface area contributed by atoms with E-state index >= 15 is 0 Å². The summed E-state index contributed by atoms with van der Waals surface area (Å²) in [5, 5.41) is 3.87. The van der Waals surface area contributed by atoms with Crippen LogP contribution in [-0.2, 0) is 0 Å². The van der Waals surface area contributed by atoms with Crippen molar-refractivity contribution in [3.05, 3.63) is 44.7 Å². The van der Waals surface area contributed by atoms with Crippen molar-refractivity contribution in [1.82, 2.24) is 15.3 Å². The zero-order valence-corrected chi connectivity index (χ0v) is 14.2. The Bertz CT molecular complexity index is 689. The molecule has 0 aliphatic carbocycles. The predicted molar refractivity (Wildman–Crippen MR) is 89.6 cm³/mol. The van der Waals surface area contributed by atoms with Crippen molar-refractivity contribution in [1.29, 1.82) is 0 Å². The van der Waals surface area contributed by atoms with Crippen molar-refractivity contribution >= 4 is 33.5 Å². The molecule has 0 amide bonds. The smallest absolute Gasteiger partial charge is 0.253 e. The van der Waals surface area contributed by atoms with Crippen molar-refractivity contribution in [2.24, 2.45) is 0 Å². The Balaban J connectivity index is 2.37. The number of aromatic amines is 1. The number of nitrogens with zero attached hydrogens (tertiary/aromatic N) is 1. The second kappa shape index (κ2) is 7.11. The summed E-state index contributed by atoms with van der Waals surface area (Å²) in [6, 6.07) is 7.55. The minimum Gasteiger partial charge on any atom is -0.383 e. The molecular weight excluding hydrogens is 352 g/mol. The molecule has 4 N–H and O–H groups in total. The summed E-state index contributed by atoms with van der Waals surface area (Å²) < 4.78 is 0.976. The molecule has 1 aromatic carbocycles. The molecule has 5 nitrogen and oxygen atoms in total. The second-order valence-corrected chi connectivity index (χ2v) is 6.49. The summed E-state index contributed by atoms with van der Waals surface area (Å²) in [7, 11) is 0. The Morgan fingerprint density at radius 1 is 1.48 bits per heavy atom. The monoisotopic (exact) mass is 368 g/mol. The summed E-state index contributed by atoms with van der Waals surface area (Å²) in [5.41, 5.74) is 6.52. The number of halogens is 1. The van der Waals surface area contributed by atoms with E-state index in [0.717, 1.165) is 21.5 Å². The van der Waals surface area contributed by atoms with Gasteiger partial charge in [0.1, 0.15) is 5.82 Å². The zero-order valence-electron chi connectivity index (χ0n) is 11.8. The van der Waals surface area contributed by atoms with Crippen LogP contribution in [0.3, 0.4) is 0 Å². The molecule has 0 bridgehead atoms. The fourth-order valence-electron chi connectivity index (χ4n) is 1.98. The lowest BCUT2D eigenvalue weighted by molar-refractivity contribution is 0.589. The van der Waals surface area contributed by atoms with Crippen molar-refractivity contribution in [2.75, 3.05) is 12.3 Å². The Kier molecular flexibility index (Phi) is 5.44. The molecule has 112 valence electrons. The fourth-order valence-corrected chi connectivity index (χ4v) is 3.55. The van der Waals surface area contributed by atoms with E-state index in [1.165, 1.54) is 17.8 Å². The Hall–Kier alpha value is -1.31. The molecule has 0 saturated heterocycles. The predicted octanol–water partition coefficient (Wildman–Crippen LogP) is 2.94. The van der Waals surface area contributed by atoms with Gasteiger partial charge in [0.2, 0.25) is 0 Å². The first-order chi connectivity index (χ1) is 9.99. The van der Waals surface area contributed by atoms with Crippen molar-refractivity contribution in [3.8, 4) is 0 Å². The molecule has 2 aromatic rings. The van der Waals surface area contributed by atoms with Gasteiger partial charge in [-0.25, -0.2) is 4.98 Å². The van der Waals surface area contributed by atoms with E-state index in [-0.39, 0.29) is 17.4 Å². The van der Waals surface area contributed by atoms with E-state index < -0.39 is 0 Å². The Morgan fingerprint density at radius 2 is 2.24 bits per heavy atom. The van der Waals surface area contributed by atoms with Crippen LogP contribution < -0.4 is 16.6 Å². The number of anilines is 1. The number of aromatic nitrogens is 2. The molecule has 0 saturated carbocycles. The van der Waals surface area contributed by atoms with E-state index in [9.17, 15) is 4.79 Å². The lowest BCUT2D eigenvalue weighted by atomic mass is 10.1. The van der Waals surface area contributed by atoms with Crippen LogP contribution in [0.15, 0.2) is 43.6 Å². The molecular formula is C14H17BrN4OS. The maximum absolute atomic E-state index is 11.5. The molecule has 1 atom stereocenters. The fraction of sp³-hybridized carbons (Fsp3) is 0.286. The first-order valence-electron chi connectivity index (χ1n) is 6.57. The first-order valence-corrected chi connectivity index (χ1v) is 8.18. The van der Waals surface area contributed by atoms with E-state index in [0.29, 0.717) is 5.16 Å². The third-order valence-corrected chi connectivity index (χ3v) is 4.35. The molecule has 1 aromatic heterocycles. The minimum atomic E-state index is -0.249. The van der Waals surface area contributed by atoms with Gasteiger partial charge in [-0.1, -0.05) is 40.7 Å². The van der Waals surface area contributed by atoms with Crippen LogP contribution in [0, 0.1) is 0 Å². The van der Waals surface area contributed by atoms with Gasteiger partial charge >= 0.3 is 0 Å². The second-order valence-electron chi connectivity index (χ2n) is 4.54. The lowest BCUT2D eigenvalue weighted by Crippen LogP contribution is -2.18. The average molecular weight is 369 g/mol. The number of benzene rings is 1. The van der Waals surface area contributed by atoms with Crippen LogP contribution in [0.2, 0.25) is 0 Å². The van der Waals surface area contributed by atoms with Gasteiger partial charge in [-0.2, -0.15) is 0 Å². The van der Waals surface area contributed by atoms with Gasteiger partial charge in [-0.05, 0) is 31.2 Å². The SMILES string of the molecule is CCNC(C)c1ccc(Br)cc1Sc1nc(N)cc(=O)[nH]1. The Morgan fingerprint density at radius 3 is 2.90 bits per heavy atom. The summed E-state index contributed by atoms with van der Waals surface area (Å²) in [5.74, 6) is 0.220. The third-order valence-electron chi connectivity index (χ3n) is 2.90. The van der Waals surface area contributed by atoms with Crippen LogP contribution in [0.1, 0.15) is 25.5 Å². The van der Waals surface area contributed by atoms with Gasteiger partial charge in [0.25, 0.3) is 5.56 Å². The van der Waals surface area contributed by atoms with E-state index in [4.69, 9.17) is 5.73 Å². The molecule has 0 radical (unpaired) electrons. The van der Waals surface area contributed by atoms with E-state index in [2.05, 4.69) is 51.1 Å².